The van der Waals surface area contributed by atoms with Crippen molar-refractivity contribution in [1.29, 1.82) is 0 Å². The van der Waals surface area contributed by atoms with E-state index in [1.165, 1.54) is 0 Å². The highest BCUT2D eigenvalue weighted by molar-refractivity contribution is 5.96. The SMILES string of the molecule is O=C(c1cccnc1Oc1cccnc1)N1CCC[C@@H]1Cn1cccn1. The molecule has 4 heterocycles. The Kier molecular flexibility index (Phi) is 4.59. The van der Waals surface area contributed by atoms with Crippen LogP contribution < -0.4 is 4.74 Å². The summed E-state index contributed by atoms with van der Waals surface area (Å²) < 4.78 is 7.66. The number of ether oxygens (including phenoxy) is 1. The minimum absolute atomic E-state index is 0.0633. The van der Waals surface area contributed by atoms with Gasteiger partial charge >= 0.3 is 0 Å². The fourth-order valence-electron chi connectivity index (χ4n) is 3.23. The number of pyridine rings is 2. The van der Waals surface area contributed by atoms with Gasteiger partial charge in [-0.3, -0.25) is 14.5 Å². The Morgan fingerprint density at radius 1 is 1.19 bits per heavy atom. The molecule has 0 aromatic carbocycles. The van der Waals surface area contributed by atoms with Crippen LogP contribution in [0.1, 0.15) is 23.2 Å². The van der Waals surface area contributed by atoms with Crippen molar-refractivity contribution < 1.29 is 9.53 Å². The van der Waals surface area contributed by atoms with Crippen LogP contribution in [0.15, 0.2) is 61.3 Å². The molecule has 7 heteroatoms. The predicted octanol–water partition coefficient (Wildman–Crippen LogP) is 2.77. The maximum atomic E-state index is 13.2. The number of likely N-dealkylation sites (tertiary alicyclic amines) is 1. The van der Waals surface area contributed by atoms with Gasteiger partial charge in [0.15, 0.2) is 0 Å². The number of aromatic nitrogens is 4. The Morgan fingerprint density at radius 3 is 2.92 bits per heavy atom. The lowest BCUT2D eigenvalue weighted by atomic mass is 10.2. The van der Waals surface area contributed by atoms with Crippen LogP contribution in [0.3, 0.4) is 0 Å². The van der Waals surface area contributed by atoms with E-state index in [-0.39, 0.29) is 11.9 Å². The molecule has 4 rings (SSSR count). The van der Waals surface area contributed by atoms with Crippen LogP contribution in [-0.4, -0.2) is 43.1 Å². The molecule has 0 saturated carbocycles. The van der Waals surface area contributed by atoms with Crippen molar-refractivity contribution in [3.8, 4) is 11.6 Å². The van der Waals surface area contributed by atoms with Crippen molar-refractivity contribution >= 4 is 5.91 Å². The van der Waals surface area contributed by atoms with Crippen molar-refractivity contribution in [1.82, 2.24) is 24.6 Å². The van der Waals surface area contributed by atoms with Gasteiger partial charge in [0.05, 0.1) is 18.8 Å². The summed E-state index contributed by atoms with van der Waals surface area (Å²) in [5.41, 5.74) is 0.462. The third-order valence-electron chi connectivity index (χ3n) is 4.45. The Hall–Kier alpha value is -3.22. The maximum Gasteiger partial charge on any atom is 0.259 e. The van der Waals surface area contributed by atoms with Crippen LogP contribution in [0, 0.1) is 0 Å². The molecule has 1 fully saturated rings. The van der Waals surface area contributed by atoms with E-state index < -0.39 is 0 Å². The molecule has 1 amide bonds. The van der Waals surface area contributed by atoms with Gasteiger partial charge in [0.25, 0.3) is 5.91 Å². The molecule has 0 aliphatic carbocycles. The van der Waals surface area contributed by atoms with Gasteiger partial charge in [-0.2, -0.15) is 5.10 Å². The highest BCUT2D eigenvalue weighted by Crippen LogP contribution is 2.27. The van der Waals surface area contributed by atoms with E-state index in [1.54, 1.807) is 49.1 Å². The number of amides is 1. The molecule has 1 aliphatic rings. The fraction of sp³-hybridized carbons (Fsp3) is 0.263. The van der Waals surface area contributed by atoms with Crippen molar-refractivity contribution in [2.24, 2.45) is 0 Å². The highest BCUT2D eigenvalue weighted by atomic mass is 16.5. The van der Waals surface area contributed by atoms with Gasteiger partial charge in [-0.1, -0.05) is 0 Å². The van der Waals surface area contributed by atoms with Crippen LogP contribution in [-0.2, 0) is 6.54 Å². The molecule has 0 spiro atoms. The first-order valence-electron chi connectivity index (χ1n) is 8.62. The van der Waals surface area contributed by atoms with E-state index in [4.69, 9.17) is 4.74 Å². The topological polar surface area (TPSA) is 73.1 Å². The summed E-state index contributed by atoms with van der Waals surface area (Å²) in [5, 5.41) is 4.25. The number of rotatable bonds is 5. The molecule has 3 aromatic rings. The average molecular weight is 349 g/mol. The monoisotopic (exact) mass is 349 g/mol. The van der Waals surface area contributed by atoms with Crippen molar-refractivity contribution in [2.45, 2.75) is 25.4 Å². The van der Waals surface area contributed by atoms with Crippen LogP contribution in [0.5, 0.6) is 11.6 Å². The van der Waals surface area contributed by atoms with E-state index in [0.29, 0.717) is 23.7 Å². The van der Waals surface area contributed by atoms with Gasteiger partial charge in [0.1, 0.15) is 11.3 Å². The molecular weight excluding hydrogens is 330 g/mol. The summed E-state index contributed by atoms with van der Waals surface area (Å²) in [5.74, 6) is 0.789. The molecule has 3 aromatic heterocycles. The van der Waals surface area contributed by atoms with Crippen LogP contribution in [0.2, 0.25) is 0 Å². The predicted molar refractivity (Wildman–Crippen MR) is 94.8 cm³/mol. The summed E-state index contributed by atoms with van der Waals surface area (Å²) in [7, 11) is 0. The van der Waals surface area contributed by atoms with Crippen LogP contribution in [0.4, 0.5) is 0 Å². The van der Waals surface area contributed by atoms with Gasteiger partial charge in [-0.15, -0.1) is 0 Å². The summed E-state index contributed by atoms with van der Waals surface area (Å²) in [6.45, 7) is 1.42. The third-order valence-corrected chi connectivity index (χ3v) is 4.45. The number of hydrogen-bond donors (Lipinski definition) is 0. The van der Waals surface area contributed by atoms with E-state index in [2.05, 4.69) is 15.1 Å². The molecule has 132 valence electrons. The second kappa shape index (κ2) is 7.35. The Bertz CT molecular complexity index is 867. The molecule has 26 heavy (non-hydrogen) atoms. The smallest absolute Gasteiger partial charge is 0.259 e. The molecule has 0 radical (unpaired) electrons. The van der Waals surface area contributed by atoms with E-state index in [9.17, 15) is 4.79 Å². The lowest BCUT2D eigenvalue weighted by Gasteiger charge is -2.25. The van der Waals surface area contributed by atoms with Crippen molar-refractivity contribution in [3.63, 3.8) is 0 Å². The van der Waals surface area contributed by atoms with Gasteiger partial charge in [-0.25, -0.2) is 4.98 Å². The van der Waals surface area contributed by atoms with Crippen molar-refractivity contribution in [3.05, 3.63) is 66.9 Å². The zero-order valence-corrected chi connectivity index (χ0v) is 14.2. The number of hydrogen-bond acceptors (Lipinski definition) is 5. The Balaban J connectivity index is 1.56. The first kappa shape index (κ1) is 16.3. The zero-order chi connectivity index (χ0) is 17.8. The molecule has 0 bridgehead atoms. The Morgan fingerprint density at radius 2 is 2.12 bits per heavy atom. The van der Waals surface area contributed by atoms with E-state index in [0.717, 1.165) is 19.4 Å². The second-order valence-corrected chi connectivity index (χ2v) is 6.17. The standard InChI is InChI=1S/C19H19N5O2/c25-19(24-12-3-5-15(24)14-23-11-4-10-22-23)17-7-2-9-21-18(17)26-16-6-1-8-20-13-16/h1-2,4,6-11,13,15H,3,5,12,14H2/t15-/m1/s1. The Labute approximate surface area is 151 Å². The third kappa shape index (κ3) is 3.42. The fourth-order valence-corrected chi connectivity index (χ4v) is 3.23. The van der Waals surface area contributed by atoms with Gasteiger partial charge < -0.3 is 9.64 Å². The van der Waals surface area contributed by atoms with Gasteiger partial charge in [0.2, 0.25) is 5.88 Å². The van der Waals surface area contributed by atoms with Gasteiger partial charge in [-0.05, 0) is 43.2 Å². The molecule has 0 N–H and O–H groups in total. The molecule has 1 saturated heterocycles. The number of carbonyl (C=O) groups is 1. The highest BCUT2D eigenvalue weighted by Gasteiger charge is 2.31. The maximum absolute atomic E-state index is 13.2. The first-order valence-corrected chi connectivity index (χ1v) is 8.62. The normalized spacial score (nSPS) is 16.6. The molecule has 7 nitrogen and oxygen atoms in total. The quantitative estimate of drug-likeness (QED) is 0.708. The summed E-state index contributed by atoms with van der Waals surface area (Å²) >= 11 is 0. The average Bonchev–Trinajstić information content (AvgIpc) is 3.35. The van der Waals surface area contributed by atoms with Crippen LogP contribution in [0.25, 0.3) is 0 Å². The minimum atomic E-state index is -0.0633. The van der Waals surface area contributed by atoms with E-state index >= 15 is 0 Å². The molecule has 1 atom stereocenters. The molecule has 0 unspecified atom stereocenters. The second-order valence-electron chi connectivity index (χ2n) is 6.17. The molecular formula is C19H19N5O2. The zero-order valence-electron chi connectivity index (χ0n) is 14.2. The summed E-state index contributed by atoms with van der Waals surface area (Å²) in [6.07, 6.45) is 10.5. The van der Waals surface area contributed by atoms with Gasteiger partial charge in [0, 0.05) is 31.3 Å². The number of carbonyl (C=O) groups excluding carboxylic acids is 1. The summed E-state index contributed by atoms with van der Waals surface area (Å²) in [4.78, 5) is 23.3. The van der Waals surface area contributed by atoms with Crippen LogP contribution >= 0.6 is 0 Å². The molecule has 1 aliphatic heterocycles. The lowest BCUT2D eigenvalue weighted by Crippen LogP contribution is -2.38. The largest absolute Gasteiger partial charge is 0.437 e. The first-order chi connectivity index (χ1) is 12.8. The summed E-state index contributed by atoms with van der Waals surface area (Å²) in [6, 6.07) is 9.08. The van der Waals surface area contributed by atoms with Crippen molar-refractivity contribution in [2.75, 3.05) is 6.54 Å². The number of nitrogens with zero attached hydrogens (tertiary/aromatic N) is 5. The minimum Gasteiger partial charge on any atom is -0.437 e. The van der Waals surface area contributed by atoms with E-state index in [1.807, 2.05) is 21.8 Å². The lowest BCUT2D eigenvalue weighted by molar-refractivity contribution is 0.0718.